The van der Waals surface area contributed by atoms with Gasteiger partial charge in [-0.3, -0.25) is 4.79 Å². The van der Waals surface area contributed by atoms with E-state index in [1.165, 1.54) is 42.3 Å². The Labute approximate surface area is 129 Å². The van der Waals surface area contributed by atoms with E-state index in [1.807, 2.05) is 6.92 Å². The molecule has 0 saturated heterocycles. The van der Waals surface area contributed by atoms with Gasteiger partial charge in [0.2, 0.25) is 5.13 Å². The molecule has 0 aliphatic rings. The summed E-state index contributed by atoms with van der Waals surface area (Å²) < 4.78 is 19.1. The summed E-state index contributed by atoms with van der Waals surface area (Å²) in [5, 5.41) is 11.7. The second-order valence-electron chi connectivity index (χ2n) is 3.96. The molecule has 0 radical (unpaired) electrons. The number of nitrogens with zero attached hydrogens (tertiary/aromatic N) is 2. The molecule has 1 aromatic carbocycles. The van der Waals surface area contributed by atoms with Crippen LogP contribution in [-0.2, 0) is 0 Å². The van der Waals surface area contributed by atoms with Gasteiger partial charge in [0.1, 0.15) is 0 Å². The average Bonchev–Trinajstić information content (AvgIpc) is 2.93. The van der Waals surface area contributed by atoms with Crippen LogP contribution in [0, 0.1) is 5.82 Å². The Morgan fingerprint density at radius 2 is 2.29 bits per heavy atom. The van der Waals surface area contributed by atoms with Crippen molar-refractivity contribution in [3.05, 3.63) is 29.6 Å². The van der Waals surface area contributed by atoms with E-state index < -0.39 is 5.82 Å². The van der Waals surface area contributed by atoms with Crippen molar-refractivity contribution in [1.82, 2.24) is 10.2 Å². The summed E-state index contributed by atoms with van der Waals surface area (Å²) in [4.78, 5) is 12.0. The molecule has 0 unspecified atom stereocenters. The summed E-state index contributed by atoms with van der Waals surface area (Å²) in [7, 11) is 1.38. The fraction of sp³-hybridized carbons (Fsp3) is 0.308. The minimum atomic E-state index is -0.543. The number of aromatic nitrogens is 2. The van der Waals surface area contributed by atoms with Crippen molar-refractivity contribution < 1.29 is 13.9 Å². The van der Waals surface area contributed by atoms with E-state index in [4.69, 9.17) is 4.74 Å². The topological polar surface area (TPSA) is 64.1 Å². The average molecular weight is 327 g/mol. The fourth-order valence-electron chi connectivity index (χ4n) is 1.54. The van der Waals surface area contributed by atoms with Crippen molar-refractivity contribution in [2.24, 2.45) is 0 Å². The maximum Gasteiger partial charge on any atom is 0.206 e. The summed E-state index contributed by atoms with van der Waals surface area (Å²) in [6.07, 6.45) is 0. The van der Waals surface area contributed by atoms with Gasteiger partial charge in [0.25, 0.3) is 0 Å². The highest BCUT2D eigenvalue weighted by Gasteiger charge is 2.12. The first-order valence-corrected chi connectivity index (χ1v) is 8.01. The zero-order valence-corrected chi connectivity index (χ0v) is 13.2. The van der Waals surface area contributed by atoms with Gasteiger partial charge >= 0.3 is 0 Å². The Kier molecular flexibility index (Phi) is 5.51. The van der Waals surface area contributed by atoms with Crippen LogP contribution >= 0.6 is 23.1 Å². The van der Waals surface area contributed by atoms with Crippen LogP contribution < -0.4 is 10.1 Å². The Bertz CT molecular complexity index is 634. The molecule has 0 saturated carbocycles. The standard InChI is InChI=1S/C13H14FN3O2S2/c1-3-15-12-16-17-13(21-12)20-7-10(18)8-4-5-11(19-2)9(14)6-8/h4-6H,3,7H2,1-2H3,(H,15,16). The number of anilines is 1. The molecule has 5 nitrogen and oxygen atoms in total. The third-order valence-electron chi connectivity index (χ3n) is 2.53. The van der Waals surface area contributed by atoms with Crippen LogP contribution in [0.25, 0.3) is 0 Å². The van der Waals surface area contributed by atoms with Gasteiger partial charge in [-0.05, 0) is 25.1 Å². The third-order valence-corrected chi connectivity index (χ3v) is 4.55. The van der Waals surface area contributed by atoms with Crippen LogP contribution in [0.5, 0.6) is 5.75 Å². The molecule has 0 spiro atoms. The lowest BCUT2D eigenvalue weighted by Gasteiger charge is -2.03. The number of hydrogen-bond donors (Lipinski definition) is 1. The highest BCUT2D eigenvalue weighted by Crippen LogP contribution is 2.26. The number of benzene rings is 1. The van der Waals surface area contributed by atoms with Gasteiger partial charge < -0.3 is 10.1 Å². The van der Waals surface area contributed by atoms with Crippen LogP contribution in [0.4, 0.5) is 9.52 Å². The molecule has 1 aromatic heterocycles. The molecule has 2 aromatic rings. The summed E-state index contributed by atoms with van der Waals surface area (Å²) in [5.41, 5.74) is 0.317. The molecule has 21 heavy (non-hydrogen) atoms. The number of ether oxygens (including phenoxy) is 1. The Hall–Kier alpha value is -1.67. The largest absolute Gasteiger partial charge is 0.494 e. The van der Waals surface area contributed by atoms with Crippen molar-refractivity contribution in [1.29, 1.82) is 0 Å². The molecule has 1 heterocycles. The van der Waals surface area contributed by atoms with E-state index in [9.17, 15) is 9.18 Å². The molecule has 0 fully saturated rings. The molecule has 8 heteroatoms. The number of carbonyl (C=O) groups excluding carboxylic acids is 1. The van der Waals surface area contributed by atoms with Gasteiger partial charge in [-0.15, -0.1) is 10.2 Å². The van der Waals surface area contributed by atoms with Crippen LogP contribution in [0.2, 0.25) is 0 Å². The first-order chi connectivity index (χ1) is 10.1. The van der Waals surface area contributed by atoms with Gasteiger partial charge in [0, 0.05) is 12.1 Å². The van der Waals surface area contributed by atoms with Crippen LogP contribution in [0.1, 0.15) is 17.3 Å². The zero-order valence-electron chi connectivity index (χ0n) is 11.6. The zero-order chi connectivity index (χ0) is 15.2. The molecule has 1 N–H and O–H groups in total. The van der Waals surface area contributed by atoms with Crippen molar-refractivity contribution in [3.8, 4) is 5.75 Å². The Morgan fingerprint density at radius 3 is 2.95 bits per heavy atom. The molecular formula is C13H14FN3O2S2. The van der Waals surface area contributed by atoms with Gasteiger partial charge in [0.05, 0.1) is 12.9 Å². The quantitative estimate of drug-likeness (QED) is 0.623. The minimum Gasteiger partial charge on any atom is -0.494 e. The summed E-state index contributed by atoms with van der Waals surface area (Å²) in [5.74, 6) is -0.397. The first-order valence-electron chi connectivity index (χ1n) is 6.21. The Balaban J connectivity index is 1.96. The molecule has 0 atom stereocenters. The Morgan fingerprint density at radius 1 is 1.48 bits per heavy atom. The molecule has 0 aliphatic heterocycles. The van der Waals surface area contributed by atoms with Gasteiger partial charge in [-0.25, -0.2) is 4.39 Å². The van der Waals surface area contributed by atoms with Crippen LogP contribution in [0.15, 0.2) is 22.5 Å². The molecule has 0 amide bonds. The van der Waals surface area contributed by atoms with Crippen molar-refractivity contribution in [3.63, 3.8) is 0 Å². The lowest BCUT2D eigenvalue weighted by Crippen LogP contribution is -2.03. The third kappa shape index (κ3) is 4.15. The van der Waals surface area contributed by atoms with E-state index in [0.29, 0.717) is 9.90 Å². The van der Waals surface area contributed by atoms with E-state index in [2.05, 4.69) is 15.5 Å². The highest BCUT2D eigenvalue weighted by atomic mass is 32.2. The number of hydrogen-bond acceptors (Lipinski definition) is 7. The summed E-state index contributed by atoms with van der Waals surface area (Å²) >= 11 is 2.67. The van der Waals surface area contributed by atoms with Gasteiger partial charge in [-0.1, -0.05) is 23.1 Å². The van der Waals surface area contributed by atoms with Crippen molar-refractivity contribution in [2.75, 3.05) is 24.7 Å². The SMILES string of the molecule is CCNc1nnc(SCC(=O)c2ccc(OC)c(F)c2)s1. The van der Waals surface area contributed by atoms with Crippen molar-refractivity contribution >= 4 is 34.0 Å². The number of rotatable bonds is 7. The lowest BCUT2D eigenvalue weighted by atomic mass is 10.1. The highest BCUT2D eigenvalue weighted by molar-refractivity contribution is 8.01. The monoisotopic (exact) mass is 327 g/mol. The minimum absolute atomic E-state index is 0.124. The second kappa shape index (κ2) is 7.37. The first kappa shape index (κ1) is 15.7. The number of ketones is 1. The van der Waals surface area contributed by atoms with Crippen molar-refractivity contribution in [2.45, 2.75) is 11.3 Å². The number of methoxy groups -OCH3 is 1. The maximum atomic E-state index is 13.5. The van der Waals surface area contributed by atoms with E-state index in [1.54, 1.807) is 6.07 Å². The number of halogens is 1. The van der Waals surface area contributed by atoms with Gasteiger partial charge in [0.15, 0.2) is 21.7 Å². The van der Waals surface area contributed by atoms with E-state index in [0.717, 1.165) is 11.7 Å². The number of thioether (sulfide) groups is 1. The van der Waals surface area contributed by atoms with E-state index >= 15 is 0 Å². The number of Topliss-reactive ketones (excluding diaryl/α,β-unsaturated/α-hetero) is 1. The molecule has 0 bridgehead atoms. The van der Waals surface area contributed by atoms with Gasteiger partial charge in [-0.2, -0.15) is 0 Å². The lowest BCUT2D eigenvalue weighted by molar-refractivity contribution is 0.102. The summed E-state index contributed by atoms with van der Waals surface area (Å²) in [6.45, 7) is 2.74. The molecule has 112 valence electrons. The number of carbonyl (C=O) groups is 1. The van der Waals surface area contributed by atoms with Crippen LogP contribution in [0.3, 0.4) is 0 Å². The second-order valence-corrected chi connectivity index (χ2v) is 6.16. The summed E-state index contributed by atoms with van der Waals surface area (Å²) in [6, 6.07) is 4.18. The fourth-order valence-corrected chi connectivity index (χ4v) is 3.26. The predicted octanol–water partition coefficient (Wildman–Crippen LogP) is 3.09. The van der Waals surface area contributed by atoms with Crippen LogP contribution in [-0.4, -0.2) is 35.4 Å². The number of nitrogens with one attached hydrogen (secondary N) is 1. The van der Waals surface area contributed by atoms with E-state index in [-0.39, 0.29) is 17.3 Å². The molecular weight excluding hydrogens is 313 g/mol. The smallest absolute Gasteiger partial charge is 0.206 e. The maximum absolute atomic E-state index is 13.5. The molecule has 2 rings (SSSR count). The normalized spacial score (nSPS) is 10.4. The predicted molar refractivity (Wildman–Crippen MR) is 82.1 cm³/mol. The molecule has 0 aliphatic carbocycles.